The minimum absolute atomic E-state index is 0.00617. The van der Waals surface area contributed by atoms with E-state index in [0.717, 1.165) is 37.2 Å². The Balaban J connectivity index is 1.42. The summed E-state index contributed by atoms with van der Waals surface area (Å²) >= 11 is 0. The standard InChI is InChI=1S/C26H34N2O2/c1-25(2)16-20(17-26(3,4)28-25)27-24(29)19-12-14-21(15-13-19)30-23-11-7-9-18-8-5-6-10-22(18)23/h7,9,11-15,20,28H,5-6,8,10,16-17H2,1-4H3,(H,27,29). The molecule has 160 valence electrons. The van der Waals surface area contributed by atoms with Crippen LogP contribution in [0.1, 0.15) is 74.9 Å². The second-order valence-electron chi connectivity index (χ2n) is 10.2. The molecule has 1 fully saturated rings. The zero-order valence-electron chi connectivity index (χ0n) is 18.7. The number of hydrogen-bond donors (Lipinski definition) is 2. The maximum atomic E-state index is 12.8. The lowest BCUT2D eigenvalue weighted by atomic mass is 9.79. The number of hydrogen-bond acceptors (Lipinski definition) is 3. The van der Waals surface area contributed by atoms with E-state index in [-0.39, 0.29) is 23.0 Å². The first-order chi connectivity index (χ1) is 14.2. The summed E-state index contributed by atoms with van der Waals surface area (Å²) in [6.45, 7) is 8.78. The van der Waals surface area contributed by atoms with Gasteiger partial charge in [-0.25, -0.2) is 0 Å². The number of carbonyl (C=O) groups is 1. The van der Waals surface area contributed by atoms with Gasteiger partial charge in [-0.05, 0) is 108 Å². The molecule has 1 aliphatic heterocycles. The van der Waals surface area contributed by atoms with Crippen molar-refractivity contribution in [3.8, 4) is 11.5 Å². The van der Waals surface area contributed by atoms with E-state index >= 15 is 0 Å². The highest BCUT2D eigenvalue weighted by Crippen LogP contribution is 2.33. The molecule has 2 N–H and O–H groups in total. The van der Waals surface area contributed by atoms with Crippen molar-refractivity contribution in [3.63, 3.8) is 0 Å². The first-order valence-electron chi connectivity index (χ1n) is 11.2. The predicted octanol–water partition coefficient (Wildman–Crippen LogP) is 5.40. The van der Waals surface area contributed by atoms with Crippen LogP contribution < -0.4 is 15.4 Å². The van der Waals surface area contributed by atoms with Crippen LogP contribution in [-0.2, 0) is 12.8 Å². The van der Waals surface area contributed by atoms with Crippen molar-refractivity contribution in [2.45, 2.75) is 83.3 Å². The van der Waals surface area contributed by atoms with Gasteiger partial charge in [-0.2, -0.15) is 0 Å². The number of carbonyl (C=O) groups excluding carboxylic acids is 1. The third-order valence-electron chi connectivity index (χ3n) is 6.22. The highest BCUT2D eigenvalue weighted by molar-refractivity contribution is 5.94. The second-order valence-corrected chi connectivity index (χ2v) is 10.2. The Hall–Kier alpha value is -2.33. The fourth-order valence-corrected chi connectivity index (χ4v) is 5.34. The SMILES string of the molecule is CC1(C)CC(NC(=O)c2ccc(Oc3cccc4c3CCCC4)cc2)CC(C)(C)N1. The van der Waals surface area contributed by atoms with Crippen LogP contribution in [0.25, 0.3) is 0 Å². The predicted molar refractivity (Wildman–Crippen MR) is 121 cm³/mol. The van der Waals surface area contributed by atoms with Gasteiger partial charge >= 0.3 is 0 Å². The zero-order chi connectivity index (χ0) is 21.4. The van der Waals surface area contributed by atoms with Crippen LogP contribution in [0.5, 0.6) is 11.5 Å². The first kappa shape index (κ1) is 20.9. The van der Waals surface area contributed by atoms with Gasteiger partial charge in [0.25, 0.3) is 5.91 Å². The quantitative estimate of drug-likeness (QED) is 0.715. The molecule has 0 spiro atoms. The van der Waals surface area contributed by atoms with Crippen molar-refractivity contribution in [1.82, 2.24) is 10.6 Å². The van der Waals surface area contributed by atoms with Gasteiger partial charge in [-0.15, -0.1) is 0 Å². The monoisotopic (exact) mass is 406 g/mol. The van der Waals surface area contributed by atoms with Crippen molar-refractivity contribution in [2.24, 2.45) is 0 Å². The fourth-order valence-electron chi connectivity index (χ4n) is 5.34. The average Bonchev–Trinajstić information content (AvgIpc) is 2.66. The first-order valence-corrected chi connectivity index (χ1v) is 11.2. The van der Waals surface area contributed by atoms with Gasteiger partial charge in [0.1, 0.15) is 11.5 Å². The highest BCUT2D eigenvalue weighted by atomic mass is 16.5. The van der Waals surface area contributed by atoms with E-state index in [9.17, 15) is 4.79 Å². The largest absolute Gasteiger partial charge is 0.457 e. The van der Waals surface area contributed by atoms with Gasteiger partial charge in [0, 0.05) is 22.7 Å². The summed E-state index contributed by atoms with van der Waals surface area (Å²) in [5.74, 6) is 1.70. The van der Waals surface area contributed by atoms with E-state index in [1.54, 1.807) is 0 Å². The van der Waals surface area contributed by atoms with Crippen molar-refractivity contribution < 1.29 is 9.53 Å². The maximum absolute atomic E-state index is 12.8. The number of aryl methyl sites for hydroxylation is 1. The number of fused-ring (bicyclic) bond motifs is 1. The Morgan fingerprint density at radius 2 is 1.63 bits per heavy atom. The minimum atomic E-state index is -0.0165. The number of benzene rings is 2. The normalized spacial score (nSPS) is 20.3. The van der Waals surface area contributed by atoms with Gasteiger partial charge in [-0.1, -0.05) is 12.1 Å². The van der Waals surface area contributed by atoms with Gasteiger partial charge < -0.3 is 15.4 Å². The molecular formula is C26H34N2O2. The number of nitrogens with one attached hydrogen (secondary N) is 2. The van der Waals surface area contributed by atoms with E-state index in [4.69, 9.17) is 4.74 Å². The lowest BCUT2D eigenvalue weighted by Gasteiger charge is -2.46. The van der Waals surface area contributed by atoms with Crippen molar-refractivity contribution >= 4 is 5.91 Å². The molecule has 2 aliphatic rings. The number of ether oxygens (including phenoxy) is 1. The van der Waals surface area contributed by atoms with Crippen molar-refractivity contribution in [1.29, 1.82) is 0 Å². The molecule has 0 unspecified atom stereocenters. The molecule has 0 radical (unpaired) electrons. The Kier molecular flexibility index (Phi) is 5.63. The van der Waals surface area contributed by atoms with E-state index < -0.39 is 0 Å². The molecule has 0 aromatic heterocycles. The molecule has 2 aromatic carbocycles. The van der Waals surface area contributed by atoms with E-state index in [0.29, 0.717) is 5.56 Å². The van der Waals surface area contributed by atoms with Crippen LogP contribution in [0.4, 0.5) is 0 Å². The molecule has 1 heterocycles. The van der Waals surface area contributed by atoms with Crippen LogP contribution in [0.3, 0.4) is 0 Å². The molecule has 4 heteroatoms. The van der Waals surface area contributed by atoms with Crippen LogP contribution >= 0.6 is 0 Å². The topological polar surface area (TPSA) is 50.4 Å². The van der Waals surface area contributed by atoms with Crippen LogP contribution in [0, 0.1) is 0 Å². The summed E-state index contributed by atoms with van der Waals surface area (Å²) < 4.78 is 6.18. The Labute approximate surface area is 180 Å². The average molecular weight is 407 g/mol. The molecule has 1 amide bonds. The lowest BCUT2D eigenvalue weighted by Crippen LogP contribution is -2.62. The summed E-state index contributed by atoms with van der Waals surface area (Å²) in [5, 5.41) is 6.90. The van der Waals surface area contributed by atoms with Crippen LogP contribution in [0.2, 0.25) is 0 Å². The highest BCUT2D eigenvalue weighted by Gasteiger charge is 2.38. The van der Waals surface area contributed by atoms with Crippen LogP contribution in [-0.4, -0.2) is 23.0 Å². The van der Waals surface area contributed by atoms with E-state index in [1.807, 2.05) is 30.3 Å². The summed E-state index contributed by atoms with van der Waals surface area (Å²) in [4.78, 5) is 12.8. The van der Waals surface area contributed by atoms with E-state index in [2.05, 4.69) is 50.5 Å². The molecule has 2 aromatic rings. The van der Waals surface area contributed by atoms with Gasteiger partial charge in [0.15, 0.2) is 0 Å². The summed E-state index contributed by atoms with van der Waals surface area (Å²) in [7, 11) is 0. The lowest BCUT2D eigenvalue weighted by molar-refractivity contribution is 0.0873. The third kappa shape index (κ3) is 4.86. The fraction of sp³-hybridized carbons (Fsp3) is 0.500. The van der Waals surface area contributed by atoms with E-state index in [1.165, 1.54) is 24.0 Å². The number of piperidine rings is 1. The minimum Gasteiger partial charge on any atom is -0.457 e. The summed E-state index contributed by atoms with van der Waals surface area (Å²) in [6, 6.07) is 14.0. The Morgan fingerprint density at radius 3 is 2.33 bits per heavy atom. The molecule has 4 nitrogen and oxygen atoms in total. The third-order valence-corrected chi connectivity index (χ3v) is 6.22. The smallest absolute Gasteiger partial charge is 0.251 e. The number of amides is 1. The van der Waals surface area contributed by atoms with Crippen molar-refractivity contribution in [3.05, 3.63) is 59.2 Å². The maximum Gasteiger partial charge on any atom is 0.251 e. The van der Waals surface area contributed by atoms with Gasteiger partial charge in [0.05, 0.1) is 0 Å². The second kappa shape index (κ2) is 8.07. The number of rotatable bonds is 4. The Morgan fingerprint density at radius 1 is 0.967 bits per heavy atom. The van der Waals surface area contributed by atoms with Gasteiger partial charge in [-0.3, -0.25) is 4.79 Å². The molecule has 0 bridgehead atoms. The van der Waals surface area contributed by atoms with Crippen LogP contribution in [0.15, 0.2) is 42.5 Å². The molecule has 0 saturated carbocycles. The molecule has 30 heavy (non-hydrogen) atoms. The molecule has 0 atom stereocenters. The molecule has 1 aliphatic carbocycles. The van der Waals surface area contributed by atoms with Gasteiger partial charge in [0.2, 0.25) is 0 Å². The summed E-state index contributed by atoms with van der Waals surface area (Å²) in [5.41, 5.74) is 3.43. The molecular weight excluding hydrogens is 372 g/mol. The summed E-state index contributed by atoms with van der Waals surface area (Å²) in [6.07, 6.45) is 6.53. The molecule has 1 saturated heterocycles. The molecule has 4 rings (SSSR count). The zero-order valence-corrected chi connectivity index (χ0v) is 18.7. The Bertz CT molecular complexity index is 899. The van der Waals surface area contributed by atoms with Crippen molar-refractivity contribution in [2.75, 3.05) is 0 Å².